The van der Waals surface area contributed by atoms with E-state index in [9.17, 15) is 4.79 Å². The largest absolute Gasteiger partial charge is 0.462 e. The molecule has 4 rings (SSSR count). The summed E-state index contributed by atoms with van der Waals surface area (Å²) < 4.78 is 5.59. The summed E-state index contributed by atoms with van der Waals surface area (Å²) in [7, 11) is 0. The van der Waals surface area contributed by atoms with Gasteiger partial charge in [-0.3, -0.25) is 9.78 Å². The van der Waals surface area contributed by atoms with Crippen molar-refractivity contribution in [3.8, 4) is 0 Å². The van der Waals surface area contributed by atoms with Crippen molar-refractivity contribution in [1.29, 1.82) is 0 Å². The lowest BCUT2D eigenvalue weighted by Crippen LogP contribution is -2.48. The number of rotatable bonds is 2. The number of nitrogens with zero attached hydrogens (tertiary/aromatic N) is 1. The van der Waals surface area contributed by atoms with E-state index in [2.05, 4.69) is 29.4 Å². The third-order valence-corrected chi connectivity index (χ3v) is 5.95. The van der Waals surface area contributed by atoms with E-state index in [1.165, 1.54) is 6.42 Å². The van der Waals surface area contributed by atoms with Crippen LogP contribution >= 0.6 is 0 Å². The van der Waals surface area contributed by atoms with Crippen molar-refractivity contribution >= 4 is 12.0 Å². The summed E-state index contributed by atoms with van der Waals surface area (Å²) in [5.41, 5.74) is 0.984. The maximum absolute atomic E-state index is 12.2. The number of fused-ring (bicyclic) bond motifs is 2. The highest BCUT2D eigenvalue weighted by molar-refractivity contribution is 5.75. The Morgan fingerprint density at radius 2 is 2.30 bits per heavy atom. The molecule has 0 radical (unpaired) electrons. The molecular formula is C19H24N2O2. The van der Waals surface area contributed by atoms with Gasteiger partial charge in [-0.05, 0) is 68.8 Å². The van der Waals surface area contributed by atoms with Crippen molar-refractivity contribution in [2.45, 2.75) is 25.9 Å². The number of aromatic nitrogens is 1. The monoisotopic (exact) mass is 312 g/mol. The number of carbonyl (C=O) groups excluding carboxylic acids is 1. The van der Waals surface area contributed by atoms with E-state index >= 15 is 0 Å². The van der Waals surface area contributed by atoms with Crippen molar-refractivity contribution in [2.24, 2.45) is 29.6 Å². The molecule has 0 amide bonds. The summed E-state index contributed by atoms with van der Waals surface area (Å²) in [6.07, 6.45) is 8.46. The lowest BCUT2D eigenvalue weighted by molar-refractivity contribution is -0.144. The van der Waals surface area contributed by atoms with Crippen LogP contribution in [0.25, 0.3) is 6.08 Å². The Balaban J connectivity index is 1.64. The average Bonchev–Trinajstić information content (AvgIpc) is 2.87. The molecule has 0 unspecified atom stereocenters. The number of hydrogen-bond donors (Lipinski definition) is 1. The molecule has 23 heavy (non-hydrogen) atoms. The van der Waals surface area contributed by atoms with Gasteiger partial charge in [0.2, 0.25) is 0 Å². The predicted molar refractivity (Wildman–Crippen MR) is 88.4 cm³/mol. The molecule has 0 bridgehead atoms. The van der Waals surface area contributed by atoms with Crippen LogP contribution in [0, 0.1) is 29.6 Å². The van der Waals surface area contributed by atoms with Crippen LogP contribution in [0.2, 0.25) is 0 Å². The van der Waals surface area contributed by atoms with Crippen LogP contribution in [0.5, 0.6) is 0 Å². The van der Waals surface area contributed by atoms with Crippen LogP contribution in [0.4, 0.5) is 0 Å². The maximum Gasteiger partial charge on any atom is 0.309 e. The zero-order chi connectivity index (χ0) is 15.8. The Morgan fingerprint density at radius 1 is 1.39 bits per heavy atom. The normalized spacial score (nSPS) is 39.8. The fourth-order valence-corrected chi connectivity index (χ4v) is 4.94. The molecular weight excluding hydrogens is 288 g/mol. The van der Waals surface area contributed by atoms with Gasteiger partial charge in [0, 0.05) is 12.1 Å². The molecule has 4 nitrogen and oxygen atoms in total. The molecule has 0 spiro atoms. The second-order valence-electron chi connectivity index (χ2n) is 7.17. The zero-order valence-corrected chi connectivity index (χ0v) is 13.5. The number of cyclic esters (lactones) is 1. The topological polar surface area (TPSA) is 51.2 Å². The van der Waals surface area contributed by atoms with Crippen molar-refractivity contribution < 1.29 is 9.53 Å². The molecule has 1 aromatic heterocycles. The van der Waals surface area contributed by atoms with Gasteiger partial charge in [0.05, 0.1) is 11.6 Å². The van der Waals surface area contributed by atoms with Crippen molar-refractivity contribution in [3.63, 3.8) is 0 Å². The molecule has 2 saturated heterocycles. The predicted octanol–water partition coefficient (Wildman–Crippen LogP) is 2.52. The number of allylic oxidation sites excluding steroid dienone is 1. The van der Waals surface area contributed by atoms with Crippen molar-refractivity contribution in [3.05, 3.63) is 36.2 Å². The summed E-state index contributed by atoms with van der Waals surface area (Å²) in [5.74, 6) is 2.05. The van der Waals surface area contributed by atoms with E-state index in [4.69, 9.17) is 4.74 Å². The quantitative estimate of drug-likeness (QED) is 0.853. The molecule has 3 fully saturated rings. The minimum Gasteiger partial charge on any atom is -0.462 e. The summed E-state index contributed by atoms with van der Waals surface area (Å²) in [6.45, 7) is 4.17. The fourth-order valence-electron chi connectivity index (χ4n) is 4.94. The van der Waals surface area contributed by atoms with Crippen LogP contribution in [0.1, 0.15) is 25.5 Å². The van der Waals surface area contributed by atoms with Gasteiger partial charge in [0.15, 0.2) is 0 Å². The summed E-state index contributed by atoms with van der Waals surface area (Å²) >= 11 is 0. The first kappa shape index (κ1) is 14.9. The summed E-state index contributed by atoms with van der Waals surface area (Å²) in [6, 6.07) is 5.97. The van der Waals surface area contributed by atoms with Gasteiger partial charge in [-0.1, -0.05) is 12.1 Å². The lowest BCUT2D eigenvalue weighted by Gasteiger charge is -2.45. The summed E-state index contributed by atoms with van der Waals surface area (Å²) in [4.78, 5) is 16.6. The first-order valence-corrected chi connectivity index (χ1v) is 8.74. The molecule has 1 N–H and O–H groups in total. The highest BCUT2D eigenvalue weighted by Gasteiger charge is 2.53. The summed E-state index contributed by atoms with van der Waals surface area (Å²) in [5, 5.41) is 3.50. The highest BCUT2D eigenvalue weighted by atomic mass is 16.6. The second-order valence-corrected chi connectivity index (χ2v) is 7.17. The van der Waals surface area contributed by atoms with Crippen LogP contribution in [0.3, 0.4) is 0 Å². The molecule has 6 atom stereocenters. The van der Waals surface area contributed by atoms with Crippen LogP contribution < -0.4 is 5.32 Å². The molecule has 4 heteroatoms. The lowest BCUT2D eigenvalue weighted by atomic mass is 9.59. The minimum absolute atomic E-state index is 0.0164. The molecule has 2 aliphatic heterocycles. The Hall–Kier alpha value is -1.68. The second kappa shape index (κ2) is 6.08. The van der Waals surface area contributed by atoms with Gasteiger partial charge in [-0.25, -0.2) is 0 Å². The fraction of sp³-hybridized carbons (Fsp3) is 0.579. The van der Waals surface area contributed by atoms with Crippen molar-refractivity contribution in [2.75, 3.05) is 13.1 Å². The average molecular weight is 312 g/mol. The van der Waals surface area contributed by atoms with E-state index in [-0.39, 0.29) is 18.0 Å². The Labute approximate surface area is 137 Å². The molecule has 1 aromatic rings. The number of ether oxygens (including phenoxy) is 1. The Kier molecular flexibility index (Phi) is 3.93. The van der Waals surface area contributed by atoms with Gasteiger partial charge in [0.25, 0.3) is 0 Å². The van der Waals surface area contributed by atoms with Crippen LogP contribution in [-0.4, -0.2) is 30.1 Å². The Bertz CT molecular complexity index is 601. The number of esters is 1. The van der Waals surface area contributed by atoms with Crippen LogP contribution in [-0.2, 0) is 9.53 Å². The van der Waals surface area contributed by atoms with E-state index in [0.717, 1.165) is 25.2 Å². The molecule has 3 aliphatic rings. The van der Waals surface area contributed by atoms with Gasteiger partial charge < -0.3 is 10.1 Å². The molecule has 3 heterocycles. The van der Waals surface area contributed by atoms with Gasteiger partial charge in [-0.15, -0.1) is 0 Å². The van der Waals surface area contributed by atoms with E-state index < -0.39 is 0 Å². The maximum atomic E-state index is 12.2. The first-order valence-electron chi connectivity index (χ1n) is 8.74. The standard InChI is InChI=1S/C19H24N2O2/c1-12-18-16(6-5-14-4-2-3-8-21-14)15-7-9-20-11-13(15)10-17(18)19(22)23-12/h2-6,8,12-13,15-18,20H,7,9-11H2,1H3/b6-5+/t12-,13-,15-,16+,17-,18+/m1/s1. The third-order valence-electron chi connectivity index (χ3n) is 5.95. The number of carbonyl (C=O) groups is 1. The first-order chi connectivity index (χ1) is 11.2. The zero-order valence-electron chi connectivity index (χ0n) is 13.5. The number of hydrogen-bond acceptors (Lipinski definition) is 4. The highest BCUT2D eigenvalue weighted by Crippen LogP contribution is 2.50. The van der Waals surface area contributed by atoms with Gasteiger partial charge >= 0.3 is 5.97 Å². The smallest absolute Gasteiger partial charge is 0.309 e. The third kappa shape index (κ3) is 2.69. The minimum atomic E-state index is 0.0164. The van der Waals surface area contributed by atoms with Crippen LogP contribution in [0.15, 0.2) is 30.5 Å². The van der Waals surface area contributed by atoms with Gasteiger partial charge in [0.1, 0.15) is 6.10 Å². The number of pyridine rings is 1. The SMILES string of the molecule is C[C@H]1OC(=O)[C@@H]2C[C@@H]3CNCC[C@H]3[C@H](/C=C/c3ccccn3)[C@H]12. The molecule has 0 aromatic carbocycles. The van der Waals surface area contributed by atoms with Crippen molar-refractivity contribution in [1.82, 2.24) is 10.3 Å². The molecule has 1 saturated carbocycles. The number of piperidine rings is 1. The molecule has 1 aliphatic carbocycles. The number of nitrogens with one attached hydrogen (secondary N) is 1. The van der Waals surface area contributed by atoms with E-state index in [1.807, 2.05) is 24.4 Å². The van der Waals surface area contributed by atoms with Gasteiger partial charge in [-0.2, -0.15) is 0 Å². The molecule has 122 valence electrons. The Morgan fingerprint density at radius 3 is 3.13 bits per heavy atom. The van der Waals surface area contributed by atoms with E-state index in [1.54, 1.807) is 0 Å². The van der Waals surface area contributed by atoms with E-state index in [0.29, 0.717) is 23.7 Å².